The van der Waals surface area contributed by atoms with Crippen LogP contribution in [0.1, 0.15) is 50.3 Å². The molecule has 0 aliphatic carbocycles. The van der Waals surface area contributed by atoms with Gasteiger partial charge in [0.1, 0.15) is 9.84 Å². The van der Waals surface area contributed by atoms with E-state index in [4.69, 9.17) is 0 Å². The van der Waals surface area contributed by atoms with E-state index in [1.54, 1.807) is 6.92 Å². The third-order valence-corrected chi connectivity index (χ3v) is 5.12. The van der Waals surface area contributed by atoms with Gasteiger partial charge >= 0.3 is 0 Å². The van der Waals surface area contributed by atoms with E-state index in [0.29, 0.717) is 6.42 Å². The summed E-state index contributed by atoms with van der Waals surface area (Å²) in [5.74, 6) is 0.499. The molecular formula is C15H26N2O2S. The van der Waals surface area contributed by atoms with Gasteiger partial charge in [0, 0.05) is 24.2 Å². The Labute approximate surface area is 122 Å². The van der Waals surface area contributed by atoms with Gasteiger partial charge in [-0.1, -0.05) is 19.9 Å². The van der Waals surface area contributed by atoms with Crippen molar-refractivity contribution >= 4 is 9.84 Å². The maximum absolute atomic E-state index is 11.6. The third kappa shape index (κ3) is 6.01. The molecule has 1 heterocycles. The number of hydrogen-bond donors (Lipinski definition) is 1. The van der Waals surface area contributed by atoms with E-state index in [9.17, 15) is 8.42 Å². The van der Waals surface area contributed by atoms with Crippen LogP contribution in [0.15, 0.2) is 18.5 Å². The summed E-state index contributed by atoms with van der Waals surface area (Å²) in [5, 5.41) is 3.48. The molecule has 1 unspecified atom stereocenters. The number of rotatable bonds is 9. The average molecular weight is 298 g/mol. The van der Waals surface area contributed by atoms with Crippen molar-refractivity contribution in [3.63, 3.8) is 0 Å². The van der Waals surface area contributed by atoms with E-state index < -0.39 is 9.84 Å². The predicted octanol–water partition coefficient (Wildman–Crippen LogP) is 2.65. The van der Waals surface area contributed by atoms with Crippen LogP contribution < -0.4 is 5.32 Å². The first-order valence-electron chi connectivity index (χ1n) is 7.34. The highest BCUT2D eigenvalue weighted by molar-refractivity contribution is 7.91. The first kappa shape index (κ1) is 17.1. The van der Waals surface area contributed by atoms with E-state index in [1.165, 1.54) is 0 Å². The van der Waals surface area contributed by atoms with Crippen molar-refractivity contribution < 1.29 is 8.42 Å². The Kier molecular flexibility index (Phi) is 7.16. The minimum atomic E-state index is -2.87. The van der Waals surface area contributed by atoms with Crippen molar-refractivity contribution in [2.45, 2.75) is 46.1 Å². The fourth-order valence-electron chi connectivity index (χ4n) is 2.13. The molecule has 0 saturated heterocycles. The molecule has 1 N–H and O–H groups in total. The maximum atomic E-state index is 11.6. The zero-order chi connectivity index (χ0) is 15.0. The highest BCUT2D eigenvalue weighted by atomic mass is 32.2. The molecule has 5 heteroatoms. The van der Waals surface area contributed by atoms with Crippen LogP contribution in [0.4, 0.5) is 0 Å². The minimum Gasteiger partial charge on any atom is -0.310 e. The van der Waals surface area contributed by atoms with Crippen molar-refractivity contribution in [1.29, 1.82) is 0 Å². The Morgan fingerprint density at radius 3 is 2.65 bits per heavy atom. The molecule has 0 saturated carbocycles. The van der Waals surface area contributed by atoms with E-state index >= 15 is 0 Å². The molecule has 0 spiro atoms. The van der Waals surface area contributed by atoms with Crippen LogP contribution in [-0.4, -0.2) is 31.5 Å². The van der Waals surface area contributed by atoms with Gasteiger partial charge in [0.2, 0.25) is 0 Å². The van der Waals surface area contributed by atoms with Gasteiger partial charge in [-0.05, 0) is 43.9 Å². The molecule has 114 valence electrons. The third-order valence-electron chi connectivity index (χ3n) is 3.33. The number of nitrogens with one attached hydrogen (secondary N) is 1. The molecule has 0 aliphatic heterocycles. The van der Waals surface area contributed by atoms with Gasteiger partial charge in [0.15, 0.2) is 0 Å². The zero-order valence-electron chi connectivity index (χ0n) is 12.7. The topological polar surface area (TPSA) is 59.1 Å². The van der Waals surface area contributed by atoms with Crippen LogP contribution in [0.2, 0.25) is 0 Å². The molecule has 1 atom stereocenters. The fraction of sp³-hybridized carbons (Fsp3) is 0.667. The SMILES string of the molecule is CCCNC(CCCS(=O)(=O)CC)c1cncc(C)c1. The van der Waals surface area contributed by atoms with Crippen LogP contribution in [0.5, 0.6) is 0 Å². The Morgan fingerprint density at radius 2 is 2.05 bits per heavy atom. The molecule has 1 rings (SSSR count). The number of aryl methyl sites for hydroxylation is 1. The lowest BCUT2D eigenvalue weighted by atomic mass is 10.0. The van der Waals surface area contributed by atoms with Crippen molar-refractivity contribution in [2.24, 2.45) is 0 Å². The fourth-order valence-corrected chi connectivity index (χ4v) is 3.02. The maximum Gasteiger partial charge on any atom is 0.150 e. The van der Waals surface area contributed by atoms with Gasteiger partial charge in [0.25, 0.3) is 0 Å². The molecule has 0 bridgehead atoms. The summed E-state index contributed by atoms with van der Waals surface area (Å²) in [6, 6.07) is 2.31. The Hall–Kier alpha value is -0.940. The van der Waals surface area contributed by atoms with E-state index in [-0.39, 0.29) is 17.5 Å². The summed E-state index contributed by atoms with van der Waals surface area (Å²) in [7, 11) is -2.87. The Morgan fingerprint density at radius 1 is 1.30 bits per heavy atom. The average Bonchev–Trinajstić information content (AvgIpc) is 2.42. The van der Waals surface area contributed by atoms with Crippen molar-refractivity contribution in [1.82, 2.24) is 10.3 Å². The van der Waals surface area contributed by atoms with E-state index in [2.05, 4.69) is 23.3 Å². The van der Waals surface area contributed by atoms with Gasteiger partial charge in [-0.15, -0.1) is 0 Å². The lowest BCUT2D eigenvalue weighted by molar-refractivity contribution is 0.491. The lowest BCUT2D eigenvalue weighted by Crippen LogP contribution is -2.23. The minimum absolute atomic E-state index is 0.189. The van der Waals surface area contributed by atoms with Gasteiger partial charge in [-0.2, -0.15) is 0 Å². The zero-order valence-corrected chi connectivity index (χ0v) is 13.5. The standard InChI is InChI=1S/C15H26N2O2S/c1-4-8-17-15(7-6-9-20(18,19)5-2)14-10-13(3)11-16-12-14/h10-12,15,17H,4-9H2,1-3H3. The molecule has 4 nitrogen and oxygen atoms in total. The lowest BCUT2D eigenvalue weighted by Gasteiger charge is -2.19. The first-order chi connectivity index (χ1) is 9.48. The number of hydrogen-bond acceptors (Lipinski definition) is 4. The molecule has 0 radical (unpaired) electrons. The number of aromatic nitrogens is 1. The molecule has 0 fully saturated rings. The van der Waals surface area contributed by atoms with Crippen molar-refractivity contribution in [3.8, 4) is 0 Å². The van der Waals surface area contributed by atoms with Gasteiger partial charge in [-0.25, -0.2) is 8.42 Å². The van der Waals surface area contributed by atoms with E-state index in [1.807, 2.05) is 19.3 Å². The summed E-state index contributed by atoms with van der Waals surface area (Å²) in [5.41, 5.74) is 2.28. The van der Waals surface area contributed by atoms with Crippen LogP contribution in [0.25, 0.3) is 0 Å². The summed E-state index contributed by atoms with van der Waals surface area (Å²) >= 11 is 0. The monoisotopic (exact) mass is 298 g/mol. The normalized spacial score (nSPS) is 13.3. The molecule has 20 heavy (non-hydrogen) atoms. The second-order valence-electron chi connectivity index (χ2n) is 5.18. The number of sulfone groups is 1. The highest BCUT2D eigenvalue weighted by Gasteiger charge is 2.14. The van der Waals surface area contributed by atoms with Gasteiger partial charge in [-0.3, -0.25) is 4.98 Å². The molecule has 0 aliphatic rings. The van der Waals surface area contributed by atoms with Crippen LogP contribution in [-0.2, 0) is 9.84 Å². The van der Waals surface area contributed by atoms with Crippen LogP contribution in [0, 0.1) is 6.92 Å². The summed E-state index contributed by atoms with van der Waals surface area (Å²) < 4.78 is 23.1. The quantitative estimate of drug-likeness (QED) is 0.761. The summed E-state index contributed by atoms with van der Waals surface area (Å²) in [6.45, 7) is 6.78. The summed E-state index contributed by atoms with van der Waals surface area (Å²) in [4.78, 5) is 4.23. The first-order valence-corrected chi connectivity index (χ1v) is 9.16. The second-order valence-corrected chi connectivity index (χ2v) is 7.65. The Balaban J connectivity index is 2.65. The van der Waals surface area contributed by atoms with Crippen LogP contribution >= 0.6 is 0 Å². The van der Waals surface area contributed by atoms with Crippen molar-refractivity contribution in [2.75, 3.05) is 18.1 Å². The molecule has 1 aromatic rings. The second kappa shape index (κ2) is 8.37. The van der Waals surface area contributed by atoms with E-state index in [0.717, 1.165) is 30.5 Å². The van der Waals surface area contributed by atoms with Gasteiger partial charge in [0.05, 0.1) is 5.75 Å². The number of nitrogens with zero attached hydrogens (tertiary/aromatic N) is 1. The van der Waals surface area contributed by atoms with Crippen LogP contribution in [0.3, 0.4) is 0 Å². The molecular weight excluding hydrogens is 272 g/mol. The summed E-state index contributed by atoms with van der Waals surface area (Å²) in [6.07, 6.45) is 6.27. The molecule has 1 aromatic heterocycles. The smallest absolute Gasteiger partial charge is 0.150 e. The number of pyridine rings is 1. The largest absolute Gasteiger partial charge is 0.310 e. The Bertz CT molecular complexity index is 500. The molecule has 0 amide bonds. The van der Waals surface area contributed by atoms with Crippen molar-refractivity contribution in [3.05, 3.63) is 29.6 Å². The molecule has 0 aromatic carbocycles. The highest BCUT2D eigenvalue weighted by Crippen LogP contribution is 2.19. The predicted molar refractivity (Wildman–Crippen MR) is 83.6 cm³/mol. The van der Waals surface area contributed by atoms with Gasteiger partial charge < -0.3 is 5.32 Å².